The van der Waals surface area contributed by atoms with E-state index in [1.165, 1.54) is 5.56 Å². The maximum Gasteiger partial charge on any atom is 0.156 e. The minimum atomic E-state index is 0.153. The lowest BCUT2D eigenvalue weighted by Gasteiger charge is -2.02. The molecular weight excluding hydrogens is 176 g/mol. The van der Waals surface area contributed by atoms with Crippen LogP contribution in [0.25, 0.3) is 6.08 Å². The summed E-state index contributed by atoms with van der Waals surface area (Å²) in [6.07, 6.45) is 2.69. The van der Waals surface area contributed by atoms with Crippen molar-refractivity contribution in [1.29, 1.82) is 0 Å². The summed E-state index contributed by atoms with van der Waals surface area (Å²) in [5.41, 5.74) is 3.19. The molecule has 2 heteroatoms. The molecule has 2 rings (SSSR count). The second-order valence-corrected chi connectivity index (χ2v) is 3.47. The highest BCUT2D eigenvalue weighted by Gasteiger charge is 2.15. The monoisotopic (exact) mass is 188 g/mol. The van der Waals surface area contributed by atoms with Crippen molar-refractivity contribution >= 4 is 11.9 Å². The molecule has 0 saturated heterocycles. The van der Waals surface area contributed by atoms with Gasteiger partial charge in [0.15, 0.2) is 5.78 Å². The van der Waals surface area contributed by atoms with Crippen LogP contribution in [0.3, 0.4) is 0 Å². The normalized spacial score (nSPS) is 13.4. The minimum Gasteiger partial charge on any atom is -0.497 e. The van der Waals surface area contributed by atoms with Crippen LogP contribution in [-0.2, 0) is 11.2 Å². The van der Waals surface area contributed by atoms with Crippen molar-refractivity contribution in [1.82, 2.24) is 0 Å². The van der Waals surface area contributed by atoms with E-state index in [9.17, 15) is 4.79 Å². The molecule has 0 amide bonds. The van der Waals surface area contributed by atoms with Crippen LogP contribution in [0.1, 0.15) is 18.1 Å². The number of Topliss-reactive ketones (excluding diaryl/α,β-unsaturated/α-hetero) is 1. The van der Waals surface area contributed by atoms with Gasteiger partial charge in [0.1, 0.15) is 5.75 Å². The lowest BCUT2D eigenvalue weighted by molar-refractivity contribution is -0.113. The molecule has 0 radical (unpaired) electrons. The number of rotatable bonds is 2. The first-order valence-corrected chi connectivity index (χ1v) is 4.59. The third kappa shape index (κ3) is 1.43. The zero-order valence-electron chi connectivity index (χ0n) is 8.33. The number of allylic oxidation sites excluding steroid dienone is 1. The summed E-state index contributed by atoms with van der Waals surface area (Å²) in [6, 6.07) is 5.89. The zero-order valence-corrected chi connectivity index (χ0v) is 8.33. The summed E-state index contributed by atoms with van der Waals surface area (Å²) in [4.78, 5) is 11.2. The van der Waals surface area contributed by atoms with Gasteiger partial charge in [-0.3, -0.25) is 4.79 Å². The Hall–Kier alpha value is -1.57. The number of fused-ring (bicyclic) bond motifs is 1. The molecule has 14 heavy (non-hydrogen) atoms. The number of hydrogen-bond donors (Lipinski definition) is 0. The first-order chi connectivity index (χ1) is 6.70. The Morgan fingerprint density at radius 2 is 2.21 bits per heavy atom. The highest BCUT2D eigenvalue weighted by atomic mass is 16.5. The van der Waals surface area contributed by atoms with E-state index < -0.39 is 0 Å². The van der Waals surface area contributed by atoms with Crippen LogP contribution in [0, 0.1) is 0 Å². The summed E-state index contributed by atoms with van der Waals surface area (Å²) in [5, 5.41) is 0. The Morgan fingerprint density at radius 1 is 1.43 bits per heavy atom. The number of methoxy groups -OCH3 is 1. The molecule has 0 fully saturated rings. The van der Waals surface area contributed by atoms with Crippen molar-refractivity contribution in [2.24, 2.45) is 0 Å². The number of carbonyl (C=O) groups excluding carboxylic acids is 1. The van der Waals surface area contributed by atoms with Gasteiger partial charge < -0.3 is 4.74 Å². The van der Waals surface area contributed by atoms with Crippen LogP contribution in [0.15, 0.2) is 23.8 Å². The molecule has 1 aromatic carbocycles. The van der Waals surface area contributed by atoms with E-state index in [-0.39, 0.29) is 5.78 Å². The van der Waals surface area contributed by atoms with Gasteiger partial charge in [0.2, 0.25) is 0 Å². The smallest absolute Gasteiger partial charge is 0.156 e. The van der Waals surface area contributed by atoms with Crippen LogP contribution in [0.5, 0.6) is 5.75 Å². The molecule has 0 aliphatic heterocycles. The van der Waals surface area contributed by atoms with Gasteiger partial charge in [-0.15, -0.1) is 0 Å². The summed E-state index contributed by atoms with van der Waals surface area (Å²) in [5.74, 6) is 1.00. The van der Waals surface area contributed by atoms with E-state index in [4.69, 9.17) is 4.74 Å². The van der Waals surface area contributed by atoms with Crippen LogP contribution < -0.4 is 4.74 Å². The van der Waals surface area contributed by atoms with Crippen molar-refractivity contribution in [2.75, 3.05) is 7.11 Å². The molecule has 2 nitrogen and oxygen atoms in total. The number of ether oxygens (including phenoxy) is 1. The molecule has 0 atom stereocenters. The fourth-order valence-corrected chi connectivity index (χ4v) is 1.67. The third-order valence-corrected chi connectivity index (χ3v) is 2.51. The first kappa shape index (κ1) is 9.00. The number of carbonyl (C=O) groups is 1. The molecule has 0 spiro atoms. The lowest BCUT2D eigenvalue weighted by atomic mass is 10.1. The second kappa shape index (κ2) is 3.29. The Labute approximate surface area is 83.2 Å². The zero-order chi connectivity index (χ0) is 10.1. The maximum absolute atomic E-state index is 11.2. The fraction of sp³-hybridized carbons (Fsp3) is 0.250. The molecule has 0 unspecified atom stereocenters. The van der Waals surface area contributed by atoms with Crippen LogP contribution >= 0.6 is 0 Å². The van der Waals surface area contributed by atoms with Gasteiger partial charge in [0.05, 0.1) is 7.11 Å². The quantitative estimate of drug-likeness (QED) is 0.711. The molecule has 0 saturated carbocycles. The molecule has 1 aromatic rings. The van der Waals surface area contributed by atoms with Gasteiger partial charge in [-0.1, -0.05) is 6.07 Å². The van der Waals surface area contributed by atoms with Gasteiger partial charge in [-0.25, -0.2) is 0 Å². The standard InChI is InChI=1S/C12H12O2/c1-8(13)10-5-9-3-4-12(14-2)7-11(9)6-10/h3-5,7H,6H2,1-2H3. The van der Waals surface area contributed by atoms with Crippen molar-refractivity contribution in [3.63, 3.8) is 0 Å². The SMILES string of the molecule is COc1ccc2c(c1)CC(C(C)=O)=C2. The Morgan fingerprint density at radius 3 is 2.86 bits per heavy atom. The van der Waals surface area contributed by atoms with Crippen molar-refractivity contribution in [3.05, 3.63) is 34.9 Å². The average molecular weight is 188 g/mol. The minimum absolute atomic E-state index is 0.153. The Kier molecular flexibility index (Phi) is 2.12. The molecule has 1 aliphatic rings. The first-order valence-electron chi connectivity index (χ1n) is 4.59. The van der Waals surface area contributed by atoms with Gasteiger partial charge in [-0.05, 0) is 41.8 Å². The molecule has 0 heterocycles. The lowest BCUT2D eigenvalue weighted by Crippen LogP contribution is -1.95. The van der Waals surface area contributed by atoms with Crippen LogP contribution in [-0.4, -0.2) is 12.9 Å². The predicted octanol–water partition coefficient (Wildman–Crippen LogP) is 2.22. The predicted molar refractivity (Wildman–Crippen MR) is 55.4 cm³/mol. The van der Waals surface area contributed by atoms with E-state index in [2.05, 4.69) is 0 Å². The van der Waals surface area contributed by atoms with Crippen LogP contribution in [0.2, 0.25) is 0 Å². The second-order valence-electron chi connectivity index (χ2n) is 3.47. The van der Waals surface area contributed by atoms with Crippen molar-refractivity contribution in [2.45, 2.75) is 13.3 Å². The molecule has 72 valence electrons. The Bertz CT molecular complexity index is 416. The number of hydrogen-bond acceptors (Lipinski definition) is 2. The largest absolute Gasteiger partial charge is 0.497 e. The Balaban J connectivity index is 2.35. The number of ketones is 1. The topological polar surface area (TPSA) is 26.3 Å². The maximum atomic E-state index is 11.2. The summed E-state index contributed by atoms with van der Waals surface area (Å²) < 4.78 is 5.13. The molecule has 1 aliphatic carbocycles. The fourth-order valence-electron chi connectivity index (χ4n) is 1.67. The van der Waals surface area contributed by atoms with Crippen LogP contribution in [0.4, 0.5) is 0 Å². The van der Waals surface area contributed by atoms with Crippen molar-refractivity contribution < 1.29 is 9.53 Å². The molecule has 0 aromatic heterocycles. The summed E-state index contributed by atoms with van der Waals surface area (Å²) in [7, 11) is 1.65. The van der Waals surface area contributed by atoms with E-state index in [1.54, 1.807) is 14.0 Å². The third-order valence-electron chi connectivity index (χ3n) is 2.51. The molecular formula is C12H12O2. The number of benzene rings is 1. The van der Waals surface area contributed by atoms with Gasteiger partial charge in [0.25, 0.3) is 0 Å². The van der Waals surface area contributed by atoms with Gasteiger partial charge >= 0.3 is 0 Å². The molecule has 0 N–H and O–H groups in total. The van der Waals surface area contributed by atoms with Crippen molar-refractivity contribution in [3.8, 4) is 5.75 Å². The van der Waals surface area contributed by atoms with E-state index in [1.807, 2.05) is 24.3 Å². The van der Waals surface area contributed by atoms with E-state index >= 15 is 0 Å². The highest BCUT2D eigenvalue weighted by molar-refractivity contribution is 6.00. The van der Waals surface area contributed by atoms with E-state index in [0.29, 0.717) is 0 Å². The molecule has 0 bridgehead atoms. The summed E-state index contributed by atoms with van der Waals surface area (Å²) >= 11 is 0. The van der Waals surface area contributed by atoms with Gasteiger partial charge in [0, 0.05) is 6.42 Å². The van der Waals surface area contributed by atoms with Gasteiger partial charge in [-0.2, -0.15) is 0 Å². The summed E-state index contributed by atoms with van der Waals surface area (Å²) in [6.45, 7) is 1.61. The van der Waals surface area contributed by atoms with E-state index in [0.717, 1.165) is 23.3 Å². The highest BCUT2D eigenvalue weighted by Crippen LogP contribution is 2.28. The average Bonchev–Trinajstić information content (AvgIpc) is 2.59.